The first-order chi connectivity index (χ1) is 5.41. The fraction of sp³-hybridized carbons (Fsp3) is 0. The average molecular weight is 342 g/mol. The third-order valence-electron chi connectivity index (χ3n) is 0.339. The minimum atomic E-state index is -5.57. The van der Waals surface area contributed by atoms with Crippen LogP contribution >= 0.6 is 0 Å². The van der Waals surface area contributed by atoms with Crippen molar-refractivity contribution in [2.45, 2.75) is 0 Å². The van der Waals surface area contributed by atoms with Gasteiger partial charge < -0.3 is 0 Å². The quantitative estimate of drug-likeness (QED) is 0.381. The molecule has 0 amide bonds. The molecule has 0 radical (unpaired) electrons. The van der Waals surface area contributed by atoms with Crippen LogP contribution in [-0.2, 0) is 38.5 Å². The van der Waals surface area contributed by atoms with Gasteiger partial charge in [-0.15, -0.1) is 0 Å². The van der Waals surface area contributed by atoms with Crippen molar-refractivity contribution >= 4 is 107 Å². The van der Waals surface area contributed by atoms with Gasteiger partial charge in [0.25, 0.3) is 0 Å². The van der Waals surface area contributed by atoms with Crippen LogP contribution in [0.3, 0.4) is 0 Å². The van der Waals surface area contributed by atoms with Gasteiger partial charge in [0.05, 0.1) is 0 Å². The van der Waals surface area contributed by atoms with Crippen molar-refractivity contribution in [3.63, 3.8) is 0 Å². The Morgan fingerprint density at radius 2 is 0.867 bits per heavy atom. The Morgan fingerprint density at radius 3 is 1.00 bits per heavy atom. The van der Waals surface area contributed by atoms with Crippen LogP contribution in [0.2, 0.25) is 0 Å². The molecular formula is H6Ca2O10S3. The summed E-state index contributed by atoms with van der Waals surface area (Å²) in [5.74, 6) is 0. The molecule has 0 rings (SSSR count). The topological polar surface area (TPSA) is 161 Å². The van der Waals surface area contributed by atoms with Gasteiger partial charge in [-0.05, 0) is 0 Å². The average Bonchev–Trinajstić information content (AvgIpc) is 1.43. The zero-order chi connectivity index (χ0) is 10.9. The molecule has 0 aromatic carbocycles. The van der Waals surface area contributed by atoms with Crippen LogP contribution in [0.4, 0.5) is 0 Å². The van der Waals surface area contributed by atoms with Gasteiger partial charge in [-0.25, -0.2) is 0 Å². The fourth-order valence-corrected chi connectivity index (χ4v) is 2.20. The summed E-state index contributed by atoms with van der Waals surface area (Å²) in [6, 6.07) is 0. The number of rotatable bonds is 4. The second-order valence-corrected chi connectivity index (χ2v) is 5.02. The fourth-order valence-electron chi connectivity index (χ4n) is 0.222. The van der Waals surface area contributed by atoms with E-state index in [0.717, 1.165) is 0 Å². The van der Waals surface area contributed by atoms with E-state index in [9.17, 15) is 25.3 Å². The molecule has 0 aromatic rings. The van der Waals surface area contributed by atoms with E-state index in [1.807, 2.05) is 0 Å². The normalized spacial score (nSPS) is 12.4. The van der Waals surface area contributed by atoms with Crippen molar-refractivity contribution < 1.29 is 41.6 Å². The molecule has 15 heavy (non-hydrogen) atoms. The zero-order valence-corrected chi connectivity index (χ0v) is 7.83. The molecule has 2 N–H and O–H groups in total. The van der Waals surface area contributed by atoms with Crippen molar-refractivity contribution in [3.8, 4) is 0 Å². The second kappa shape index (κ2) is 7.60. The Kier molecular flexibility index (Phi) is 11.3. The summed E-state index contributed by atoms with van der Waals surface area (Å²) in [4.78, 5) is 0. The molecule has 0 unspecified atom stereocenters. The molecule has 0 aromatic heterocycles. The maximum absolute atomic E-state index is 10.1. The summed E-state index contributed by atoms with van der Waals surface area (Å²) in [7, 11) is -16.5. The molecule has 0 heterocycles. The van der Waals surface area contributed by atoms with E-state index in [1.165, 1.54) is 0 Å². The molecule has 0 aliphatic heterocycles. The van der Waals surface area contributed by atoms with Crippen molar-refractivity contribution in [2.75, 3.05) is 0 Å². The molecule has 0 saturated heterocycles. The second-order valence-electron chi connectivity index (χ2n) is 1.40. The Bertz CT molecular complexity index is 423. The molecule has 0 aliphatic rings. The van der Waals surface area contributed by atoms with Crippen molar-refractivity contribution in [2.24, 2.45) is 0 Å². The first-order valence-electron chi connectivity index (χ1n) is 2.03. The van der Waals surface area contributed by atoms with Crippen LogP contribution in [0.5, 0.6) is 0 Å². The molecular weight excluding hydrogens is 336 g/mol. The molecule has 88 valence electrons. The van der Waals surface area contributed by atoms with E-state index >= 15 is 0 Å². The van der Waals surface area contributed by atoms with Gasteiger partial charge in [0.2, 0.25) is 0 Å². The first kappa shape index (κ1) is 22.4. The van der Waals surface area contributed by atoms with Crippen LogP contribution in [0.15, 0.2) is 0 Å². The third-order valence-corrected chi connectivity index (χ3v) is 3.05. The summed E-state index contributed by atoms with van der Waals surface area (Å²) >= 11 is 0. The number of hydrogen-bond donors (Lipinski definition) is 2. The zero-order valence-electron chi connectivity index (χ0n) is 5.39. The van der Waals surface area contributed by atoms with Crippen molar-refractivity contribution in [3.05, 3.63) is 0 Å². The summed E-state index contributed by atoms with van der Waals surface area (Å²) in [6.07, 6.45) is 0. The van der Waals surface area contributed by atoms with Gasteiger partial charge in [-0.1, -0.05) is 7.26 Å². The van der Waals surface area contributed by atoms with Crippen molar-refractivity contribution in [1.29, 1.82) is 0 Å². The molecule has 0 atom stereocenters. The predicted molar refractivity (Wildman–Crippen MR) is 51.3 cm³/mol. The van der Waals surface area contributed by atoms with E-state index in [1.54, 1.807) is 0 Å². The van der Waals surface area contributed by atoms with Crippen LogP contribution < -0.4 is 0 Å². The monoisotopic (exact) mass is 342 g/mol. The van der Waals surface area contributed by atoms with E-state index in [2.05, 4.69) is 7.26 Å². The Morgan fingerprint density at radius 1 is 0.667 bits per heavy atom. The van der Waals surface area contributed by atoms with Gasteiger partial charge in [0.1, 0.15) is 0 Å². The maximum atomic E-state index is 10.1. The third kappa shape index (κ3) is 16.2. The van der Waals surface area contributed by atoms with Crippen LogP contribution in [0, 0.1) is 0 Å². The van der Waals surface area contributed by atoms with Gasteiger partial charge >= 0.3 is 107 Å². The van der Waals surface area contributed by atoms with Crippen LogP contribution in [0.25, 0.3) is 0 Å². The SMILES string of the molecule is O=S(=O)(O)OS(=O)(=O)OS(=O)(=O)O.[CaH2].[CaH2]. The summed E-state index contributed by atoms with van der Waals surface area (Å²) in [5.41, 5.74) is 0. The Labute approximate surface area is 146 Å². The molecule has 0 aliphatic carbocycles. The van der Waals surface area contributed by atoms with Gasteiger partial charge in [-0.2, -0.15) is 25.3 Å². The summed E-state index contributed by atoms with van der Waals surface area (Å²) in [6.45, 7) is 0. The number of hydrogen-bond acceptors (Lipinski definition) is 8. The predicted octanol–water partition coefficient (Wildman–Crippen LogP) is -3.96. The molecule has 15 heteroatoms. The van der Waals surface area contributed by atoms with E-state index < -0.39 is 31.2 Å². The molecule has 0 saturated carbocycles. The van der Waals surface area contributed by atoms with E-state index in [0.29, 0.717) is 0 Å². The van der Waals surface area contributed by atoms with Gasteiger partial charge in [0.15, 0.2) is 0 Å². The Hall–Kier alpha value is 2.21. The molecule has 0 fully saturated rings. The van der Waals surface area contributed by atoms with Gasteiger partial charge in [-0.3, -0.25) is 9.11 Å². The van der Waals surface area contributed by atoms with E-state index in [4.69, 9.17) is 9.11 Å². The summed E-state index contributed by atoms with van der Waals surface area (Å²) in [5, 5.41) is 0. The van der Waals surface area contributed by atoms with E-state index in [-0.39, 0.29) is 75.5 Å². The van der Waals surface area contributed by atoms with Gasteiger partial charge in [0, 0.05) is 0 Å². The standard InChI is InChI=1S/2Ca.H2O10S3.4H/c;;1-11(2,3)9-13(7,8)10-12(4,5)6;;;;/h;;(H,1,2,3)(H,4,5,6);;;;. The van der Waals surface area contributed by atoms with Crippen LogP contribution in [0.1, 0.15) is 0 Å². The minimum absolute atomic E-state index is 0. The summed E-state index contributed by atoms with van der Waals surface area (Å²) < 4.78 is 80.2. The molecule has 0 spiro atoms. The Balaban J connectivity index is -0.000000720. The molecule has 0 bridgehead atoms. The van der Waals surface area contributed by atoms with Crippen LogP contribution in [-0.4, -0.2) is 110 Å². The molecule has 10 nitrogen and oxygen atoms in total. The first-order valence-corrected chi connectivity index (χ1v) is 6.10. The van der Waals surface area contributed by atoms with Crippen molar-refractivity contribution in [1.82, 2.24) is 0 Å².